The number of nitrogens with one attached hydrogen (secondary N) is 1. The summed E-state index contributed by atoms with van der Waals surface area (Å²) >= 11 is 0. The summed E-state index contributed by atoms with van der Waals surface area (Å²) in [5.74, 6) is 0. The highest BCUT2D eigenvalue weighted by atomic mass is 31.2. The van der Waals surface area contributed by atoms with Crippen molar-refractivity contribution in [1.82, 2.24) is 5.32 Å². The molecular weight excluding hydrogens is 404 g/mol. The first kappa shape index (κ1) is 27.1. The van der Waals surface area contributed by atoms with Crippen LogP contribution >= 0.6 is 15.4 Å². The number of hydrogen-bond acceptors (Lipinski definition) is 11. The van der Waals surface area contributed by atoms with Crippen LogP contribution < -0.4 is 15.1 Å². The van der Waals surface area contributed by atoms with Gasteiger partial charge in [-0.3, -0.25) is 4.57 Å². The molecule has 0 spiro atoms. The van der Waals surface area contributed by atoms with Gasteiger partial charge in [-0.25, -0.2) is 0 Å². The fourth-order valence-electron chi connectivity index (χ4n) is 1.59. The average molecular weight is 435 g/mol. The van der Waals surface area contributed by atoms with Crippen molar-refractivity contribution in [2.75, 3.05) is 65.5 Å². The largest absolute Gasteiger partial charge is 0.779 e. The van der Waals surface area contributed by atoms with Gasteiger partial charge < -0.3 is 47.8 Å². The maximum absolute atomic E-state index is 11.5. The highest BCUT2D eigenvalue weighted by Crippen LogP contribution is 2.38. The van der Waals surface area contributed by atoms with Crippen molar-refractivity contribution in [2.24, 2.45) is 0 Å². The Bertz CT molecular complexity index is 454. The summed E-state index contributed by atoms with van der Waals surface area (Å²) in [6.45, 7) is 4.47. The molecular formula is C14H31NO10P2-2. The number of rotatable bonds is 19. The van der Waals surface area contributed by atoms with E-state index in [2.05, 4.69) is 18.9 Å². The predicted molar refractivity (Wildman–Crippen MR) is 94.4 cm³/mol. The number of hydrogen-bond donors (Lipinski definition) is 2. The Morgan fingerprint density at radius 1 is 0.926 bits per heavy atom. The van der Waals surface area contributed by atoms with Crippen molar-refractivity contribution in [1.29, 1.82) is 0 Å². The monoisotopic (exact) mass is 435 g/mol. The summed E-state index contributed by atoms with van der Waals surface area (Å²) in [6, 6.07) is 0. The number of aliphatic hydroxyl groups is 1. The second-order valence-corrected chi connectivity index (χ2v) is 8.91. The molecule has 0 aliphatic heterocycles. The van der Waals surface area contributed by atoms with Gasteiger partial charge in [-0.05, 0) is 19.5 Å². The molecule has 0 fully saturated rings. The lowest BCUT2D eigenvalue weighted by molar-refractivity contribution is -0.228. The third kappa shape index (κ3) is 17.9. The Morgan fingerprint density at radius 2 is 1.59 bits per heavy atom. The van der Waals surface area contributed by atoms with Crippen LogP contribution in [0.15, 0.2) is 0 Å². The molecule has 164 valence electrons. The van der Waals surface area contributed by atoms with Gasteiger partial charge in [-0.2, -0.15) is 0 Å². The van der Waals surface area contributed by atoms with Crippen molar-refractivity contribution in [3.8, 4) is 0 Å². The van der Waals surface area contributed by atoms with Crippen LogP contribution in [0.5, 0.6) is 0 Å². The molecule has 0 rings (SSSR count). The second-order valence-electron chi connectivity index (χ2n) is 5.38. The lowest BCUT2D eigenvalue weighted by Gasteiger charge is -2.24. The van der Waals surface area contributed by atoms with E-state index in [0.29, 0.717) is 6.61 Å². The van der Waals surface area contributed by atoms with E-state index < -0.39 is 28.1 Å². The minimum atomic E-state index is -4.57. The molecule has 0 radical (unpaired) electrons. The average Bonchev–Trinajstić information content (AvgIpc) is 2.62. The molecule has 13 heteroatoms. The first-order chi connectivity index (χ1) is 12.7. The molecule has 0 heterocycles. The minimum Gasteiger partial charge on any atom is -0.779 e. The van der Waals surface area contributed by atoms with Crippen molar-refractivity contribution in [3.05, 3.63) is 0 Å². The summed E-state index contributed by atoms with van der Waals surface area (Å²) in [4.78, 5) is 22.6. The van der Waals surface area contributed by atoms with Gasteiger partial charge in [0.25, 0.3) is 7.82 Å². The molecule has 27 heavy (non-hydrogen) atoms. The molecule has 0 aromatic rings. The van der Waals surface area contributed by atoms with Crippen LogP contribution in [0, 0.1) is 0 Å². The highest BCUT2D eigenvalue weighted by Gasteiger charge is 2.13. The first-order valence-electron chi connectivity index (χ1n) is 8.81. The highest BCUT2D eigenvalue weighted by molar-refractivity contribution is 7.51. The molecule has 0 aliphatic carbocycles. The second kappa shape index (κ2) is 16.0. The molecule has 0 saturated carbocycles. The van der Waals surface area contributed by atoms with E-state index >= 15 is 0 Å². The van der Waals surface area contributed by atoms with Gasteiger partial charge in [0.2, 0.25) is 0 Å². The summed E-state index contributed by atoms with van der Waals surface area (Å²) in [7, 11) is -8.37. The lowest BCUT2D eigenvalue weighted by atomic mass is 10.4. The van der Waals surface area contributed by atoms with Crippen LogP contribution in [0.2, 0.25) is 0 Å². The number of ether oxygens (including phenoxy) is 2. The minimum absolute atomic E-state index is 0.0244. The fourth-order valence-corrected chi connectivity index (χ4v) is 2.86. The molecule has 3 atom stereocenters. The van der Waals surface area contributed by atoms with Crippen molar-refractivity contribution < 1.29 is 47.1 Å². The summed E-state index contributed by atoms with van der Waals surface area (Å²) in [6.07, 6.45) is -0.426. The Morgan fingerprint density at radius 3 is 2.22 bits per heavy atom. The summed E-state index contributed by atoms with van der Waals surface area (Å²) in [5.41, 5.74) is 0. The van der Waals surface area contributed by atoms with Crippen LogP contribution in [0.3, 0.4) is 0 Å². The van der Waals surface area contributed by atoms with Crippen LogP contribution in [-0.4, -0.2) is 76.7 Å². The van der Waals surface area contributed by atoms with Crippen molar-refractivity contribution in [2.45, 2.75) is 26.4 Å². The SMILES string of the molecule is CCNCCCOCC(O)COP(=O)([O-])OCCOCCOP(=O)([O-])CC. The van der Waals surface area contributed by atoms with E-state index in [4.69, 9.17) is 9.47 Å². The zero-order valence-electron chi connectivity index (χ0n) is 15.9. The molecule has 0 aliphatic rings. The Balaban J connectivity index is 3.64. The first-order valence-corrected chi connectivity index (χ1v) is 12.0. The van der Waals surface area contributed by atoms with E-state index in [1.807, 2.05) is 6.92 Å². The van der Waals surface area contributed by atoms with Gasteiger partial charge in [0.1, 0.15) is 13.7 Å². The molecule has 3 unspecified atom stereocenters. The van der Waals surface area contributed by atoms with Crippen LogP contribution in [0.25, 0.3) is 0 Å². The Kier molecular flexibility index (Phi) is 16.0. The predicted octanol–water partition coefficient (Wildman–Crippen LogP) is -0.528. The van der Waals surface area contributed by atoms with Crippen molar-refractivity contribution in [3.63, 3.8) is 0 Å². The van der Waals surface area contributed by atoms with Gasteiger partial charge in [0, 0.05) is 12.8 Å². The van der Waals surface area contributed by atoms with E-state index in [1.54, 1.807) is 0 Å². The standard InChI is InChI=1S/C14H33NO10P2/c1-3-15-6-5-7-22-12-14(16)13-25-27(19,20)24-11-9-21-8-10-23-26(17,18)4-2/h14-16H,3-13H2,1-2H3,(H,17,18)(H,19,20)/p-2. The van der Waals surface area contributed by atoms with Gasteiger partial charge >= 0.3 is 0 Å². The lowest BCUT2D eigenvalue weighted by Crippen LogP contribution is -2.24. The van der Waals surface area contributed by atoms with Gasteiger partial charge in [-0.1, -0.05) is 13.8 Å². The zero-order valence-corrected chi connectivity index (χ0v) is 17.7. The van der Waals surface area contributed by atoms with E-state index in [-0.39, 0.29) is 39.2 Å². The molecule has 2 N–H and O–H groups in total. The van der Waals surface area contributed by atoms with Crippen LogP contribution in [-0.2, 0) is 32.2 Å². The fraction of sp³-hybridized carbons (Fsp3) is 1.00. The topological polar surface area (TPSA) is 159 Å². The molecule has 0 saturated heterocycles. The third-order valence-corrected chi connectivity index (χ3v) is 5.32. The van der Waals surface area contributed by atoms with Crippen LogP contribution in [0.1, 0.15) is 20.3 Å². The Labute approximate surface area is 160 Å². The number of aliphatic hydroxyl groups excluding tert-OH is 1. The molecule has 0 aromatic carbocycles. The van der Waals surface area contributed by atoms with Gasteiger partial charge in [0.05, 0.1) is 39.6 Å². The molecule has 0 aromatic heterocycles. The zero-order chi connectivity index (χ0) is 20.6. The smallest absolute Gasteiger partial charge is 0.268 e. The maximum atomic E-state index is 11.5. The summed E-state index contributed by atoms with van der Waals surface area (Å²) < 4.78 is 46.5. The quantitative estimate of drug-likeness (QED) is 0.198. The third-order valence-electron chi connectivity index (χ3n) is 3.01. The van der Waals surface area contributed by atoms with E-state index in [9.17, 15) is 24.0 Å². The molecule has 0 amide bonds. The number of phosphoric ester groups is 1. The normalized spacial score (nSPS) is 17.4. The van der Waals surface area contributed by atoms with Gasteiger partial charge in [0.15, 0.2) is 0 Å². The maximum Gasteiger partial charge on any atom is 0.268 e. The van der Waals surface area contributed by atoms with E-state index in [1.165, 1.54) is 6.92 Å². The van der Waals surface area contributed by atoms with Gasteiger partial charge in [-0.15, -0.1) is 0 Å². The summed E-state index contributed by atoms with van der Waals surface area (Å²) in [5, 5.41) is 12.7. The van der Waals surface area contributed by atoms with Crippen molar-refractivity contribution >= 4 is 15.4 Å². The van der Waals surface area contributed by atoms with E-state index in [0.717, 1.165) is 19.5 Å². The molecule has 0 bridgehead atoms. The molecule has 11 nitrogen and oxygen atoms in total. The number of phosphoric acid groups is 1. The Hall–Kier alpha value is 0.1000. The van der Waals surface area contributed by atoms with Crippen LogP contribution in [0.4, 0.5) is 0 Å².